The van der Waals surface area contributed by atoms with E-state index in [0.717, 1.165) is 12.1 Å². The molecule has 126 valence electrons. The van der Waals surface area contributed by atoms with Crippen molar-refractivity contribution in [2.45, 2.75) is 12.6 Å². The van der Waals surface area contributed by atoms with Crippen molar-refractivity contribution in [3.63, 3.8) is 0 Å². The molecule has 8 heteroatoms. The van der Waals surface area contributed by atoms with Crippen LogP contribution >= 0.6 is 15.9 Å². The number of nitrogens with zero attached hydrogens (tertiary/aromatic N) is 1. The number of amides is 1. The van der Waals surface area contributed by atoms with E-state index in [-0.39, 0.29) is 17.7 Å². The second-order valence-corrected chi connectivity index (χ2v) is 5.73. The smallest absolute Gasteiger partial charge is 0.416 e. The van der Waals surface area contributed by atoms with Crippen molar-refractivity contribution >= 4 is 28.1 Å². The molecule has 2 aromatic rings. The number of benzene rings is 2. The Morgan fingerprint density at radius 2 is 2.00 bits per heavy atom. The molecule has 4 nitrogen and oxygen atoms in total. The first-order valence-corrected chi connectivity index (χ1v) is 7.51. The molecule has 2 N–H and O–H groups in total. The molecule has 2 aromatic carbocycles. The highest BCUT2D eigenvalue weighted by atomic mass is 79.9. The lowest BCUT2D eigenvalue weighted by Gasteiger charge is -2.08. The van der Waals surface area contributed by atoms with Crippen LogP contribution in [0.15, 0.2) is 52.0 Å². The van der Waals surface area contributed by atoms with Gasteiger partial charge in [0.2, 0.25) is 5.91 Å². The summed E-state index contributed by atoms with van der Waals surface area (Å²) in [5.74, 6) is -0.468. The number of hydrogen-bond acceptors (Lipinski definition) is 3. The molecule has 0 aromatic heterocycles. The first kappa shape index (κ1) is 18.0. The standard InChI is InChI=1S/C16H12BrF3N2O2/c17-13-7-11(4-5-14(13)23)9-21-22-15(24)8-10-2-1-3-12(6-10)16(18,19)20/h1-7,9,23H,8H2,(H,22,24)/b21-9+. The molecule has 24 heavy (non-hydrogen) atoms. The summed E-state index contributed by atoms with van der Waals surface area (Å²) in [6, 6.07) is 9.21. The molecule has 1 amide bonds. The molecule has 0 fully saturated rings. The molecule has 0 saturated carbocycles. The van der Waals surface area contributed by atoms with E-state index in [9.17, 15) is 23.1 Å². The number of aromatic hydroxyl groups is 1. The Bertz CT molecular complexity index is 776. The van der Waals surface area contributed by atoms with Crippen molar-refractivity contribution in [3.8, 4) is 5.75 Å². The number of alkyl halides is 3. The zero-order valence-electron chi connectivity index (χ0n) is 12.1. The van der Waals surface area contributed by atoms with Gasteiger partial charge < -0.3 is 5.11 Å². The Morgan fingerprint density at radius 3 is 2.67 bits per heavy atom. The van der Waals surface area contributed by atoms with Gasteiger partial charge in [0.25, 0.3) is 0 Å². The number of carbonyl (C=O) groups is 1. The topological polar surface area (TPSA) is 61.7 Å². The van der Waals surface area contributed by atoms with Crippen LogP contribution in [0.3, 0.4) is 0 Å². The molecule has 0 atom stereocenters. The summed E-state index contributed by atoms with van der Waals surface area (Å²) in [4.78, 5) is 11.7. The van der Waals surface area contributed by atoms with Crippen molar-refractivity contribution in [2.75, 3.05) is 0 Å². The highest BCUT2D eigenvalue weighted by molar-refractivity contribution is 9.10. The van der Waals surface area contributed by atoms with Crippen LogP contribution in [0.5, 0.6) is 5.75 Å². The number of phenols is 1. The van der Waals surface area contributed by atoms with Crippen LogP contribution in [-0.2, 0) is 17.4 Å². The lowest BCUT2D eigenvalue weighted by atomic mass is 10.1. The van der Waals surface area contributed by atoms with Crippen molar-refractivity contribution in [1.29, 1.82) is 0 Å². The largest absolute Gasteiger partial charge is 0.507 e. The molecule has 0 spiro atoms. The summed E-state index contributed by atoms with van der Waals surface area (Å²) in [5.41, 5.74) is 2.31. The fraction of sp³-hybridized carbons (Fsp3) is 0.125. The Balaban J connectivity index is 1.96. The van der Waals surface area contributed by atoms with Gasteiger partial charge in [0.15, 0.2) is 0 Å². The minimum absolute atomic E-state index is 0.0701. The molecule has 0 aliphatic carbocycles. The van der Waals surface area contributed by atoms with E-state index in [1.54, 1.807) is 12.1 Å². The maximum atomic E-state index is 12.6. The fourth-order valence-corrected chi connectivity index (χ4v) is 2.26. The number of rotatable bonds is 4. The molecule has 0 radical (unpaired) electrons. The van der Waals surface area contributed by atoms with E-state index in [1.807, 2.05) is 0 Å². The zero-order valence-corrected chi connectivity index (χ0v) is 13.7. The van der Waals surface area contributed by atoms with Crippen LogP contribution in [0.4, 0.5) is 13.2 Å². The van der Waals surface area contributed by atoms with Crippen molar-refractivity contribution in [2.24, 2.45) is 5.10 Å². The van der Waals surface area contributed by atoms with E-state index in [1.165, 1.54) is 24.4 Å². The molecular formula is C16H12BrF3N2O2. The average Bonchev–Trinajstić information content (AvgIpc) is 2.50. The third kappa shape index (κ3) is 5.09. The molecule has 2 rings (SSSR count). The van der Waals surface area contributed by atoms with Crippen LogP contribution in [0, 0.1) is 0 Å². The Morgan fingerprint density at radius 1 is 1.25 bits per heavy atom. The monoisotopic (exact) mass is 400 g/mol. The number of halogens is 4. The van der Waals surface area contributed by atoms with Crippen molar-refractivity contribution < 1.29 is 23.1 Å². The summed E-state index contributed by atoms with van der Waals surface area (Å²) in [5, 5.41) is 13.1. The summed E-state index contributed by atoms with van der Waals surface area (Å²) < 4.78 is 38.3. The van der Waals surface area contributed by atoms with Gasteiger partial charge in [-0.15, -0.1) is 0 Å². The third-order valence-electron chi connectivity index (χ3n) is 2.99. The number of phenolic OH excluding ortho intramolecular Hbond substituents is 1. The molecule has 0 saturated heterocycles. The first-order chi connectivity index (χ1) is 11.3. The van der Waals surface area contributed by atoms with Gasteiger partial charge in [-0.2, -0.15) is 18.3 Å². The fourth-order valence-electron chi connectivity index (χ4n) is 1.86. The van der Waals surface area contributed by atoms with E-state index < -0.39 is 17.6 Å². The summed E-state index contributed by atoms with van der Waals surface area (Å²) in [6.07, 6.45) is -3.31. The van der Waals surface area contributed by atoms with Gasteiger partial charge in [-0.25, -0.2) is 5.43 Å². The maximum Gasteiger partial charge on any atom is 0.416 e. The van der Waals surface area contributed by atoms with Crippen LogP contribution in [0.25, 0.3) is 0 Å². The van der Waals surface area contributed by atoms with E-state index in [0.29, 0.717) is 10.0 Å². The second kappa shape index (κ2) is 7.48. The Hall–Kier alpha value is -2.35. The number of carbonyl (C=O) groups excluding carboxylic acids is 1. The van der Waals surface area contributed by atoms with Crippen molar-refractivity contribution in [1.82, 2.24) is 5.43 Å². The van der Waals surface area contributed by atoms with Crippen molar-refractivity contribution in [3.05, 3.63) is 63.6 Å². The predicted octanol–water partition coefficient (Wildman–Crippen LogP) is 3.87. The molecule has 0 bridgehead atoms. The Kier molecular flexibility index (Phi) is 5.61. The molecule has 0 aliphatic heterocycles. The second-order valence-electron chi connectivity index (χ2n) is 4.88. The van der Waals surface area contributed by atoms with Gasteiger partial charge in [0.1, 0.15) is 5.75 Å². The maximum absolute atomic E-state index is 12.6. The quantitative estimate of drug-likeness (QED) is 0.604. The number of nitrogens with one attached hydrogen (secondary N) is 1. The van der Waals surface area contributed by atoms with Gasteiger partial charge >= 0.3 is 6.18 Å². The van der Waals surface area contributed by atoms with Gasteiger partial charge in [0, 0.05) is 0 Å². The molecule has 0 unspecified atom stereocenters. The minimum Gasteiger partial charge on any atom is -0.507 e. The van der Waals surface area contributed by atoms with Crippen LogP contribution < -0.4 is 5.43 Å². The zero-order chi connectivity index (χ0) is 17.7. The Labute approximate surface area is 144 Å². The number of hydrogen-bond donors (Lipinski definition) is 2. The average molecular weight is 401 g/mol. The number of hydrazone groups is 1. The first-order valence-electron chi connectivity index (χ1n) is 6.72. The van der Waals surface area contributed by atoms with E-state index >= 15 is 0 Å². The molecule has 0 aliphatic rings. The predicted molar refractivity (Wildman–Crippen MR) is 86.7 cm³/mol. The van der Waals surface area contributed by atoms with Gasteiger partial charge in [-0.3, -0.25) is 4.79 Å². The van der Waals surface area contributed by atoms with Crippen LogP contribution in [0.1, 0.15) is 16.7 Å². The normalized spacial score (nSPS) is 11.7. The third-order valence-corrected chi connectivity index (χ3v) is 3.63. The summed E-state index contributed by atoms with van der Waals surface area (Å²) >= 11 is 3.14. The van der Waals surface area contributed by atoms with Gasteiger partial charge in [-0.05, 0) is 51.3 Å². The highest BCUT2D eigenvalue weighted by Crippen LogP contribution is 2.29. The SMILES string of the molecule is O=C(Cc1cccc(C(F)(F)F)c1)N/N=C/c1ccc(O)c(Br)c1. The van der Waals surface area contributed by atoms with Gasteiger partial charge in [0.05, 0.1) is 22.7 Å². The summed E-state index contributed by atoms with van der Waals surface area (Å²) in [6.45, 7) is 0. The van der Waals surface area contributed by atoms with E-state index in [2.05, 4.69) is 26.5 Å². The highest BCUT2D eigenvalue weighted by Gasteiger charge is 2.30. The van der Waals surface area contributed by atoms with E-state index in [4.69, 9.17) is 0 Å². The minimum atomic E-state index is -4.45. The van der Waals surface area contributed by atoms with Gasteiger partial charge in [-0.1, -0.05) is 18.2 Å². The van der Waals surface area contributed by atoms with Crippen LogP contribution in [0.2, 0.25) is 0 Å². The summed E-state index contributed by atoms with van der Waals surface area (Å²) in [7, 11) is 0. The molecular weight excluding hydrogens is 389 g/mol. The van der Waals surface area contributed by atoms with Crippen LogP contribution in [-0.4, -0.2) is 17.2 Å². The lowest BCUT2D eigenvalue weighted by molar-refractivity contribution is -0.137. The molecule has 0 heterocycles. The lowest BCUT2D eigenvalue weighted by Crippen LogP contribution is -2.20.